The summed E-state index contributed by atoms with van der Waals surface area (Å²) in [6.07, 6.45) is 6.82. The second-order valence-corrected chi connectivity index (χ2v) is 5.96. The molecule has 2 fully saturated rings. The molecule has 2 rings (SSSR count). The average Bonchev–Trinajstić information content (AvgIpc) is 3.21. The summed E-state index contributed by atoms with van der Waals surface area (Å²) in [6.45, 7) is 1.19. The normalized spacial score (nSPS) is 32.6. The van der Waals surface area contributed by atoms with Gasteiger partial charge in [-0.2, -0.15) is 0 Å². The third-order valence-corrected chi connectivity index (χ3v) is 4.65. The van der Waals surface area contributed by atoms with E-state index in [0.717, 1.165) is 25.2 Å². The van der Waals surface area contributed by atoms with Crippen LogP contribution in [0.3, 0.4) is 0 Å². The van der Waals surface area contributed by atoms with Gasteiger partial charge in [0.05, 0.1) is 7.11 Å². The second-order valence-electron chi connectivity index (χ2n) is 5.96. The van der Waals surface area contributed by atoms with Crippen LogP contribution in [-0.2, 0) is 9.53 Å². The highest BCUT2D eigenvalue weighted by atomic mass is 16.5. The third-order valence-electron chi connectivity index (χ3n) is 4.65. The Kier molecular flexibility index (Phi) is 4.28. The van der Waals surface area contributed by atoms with Gasteiger partial charge in [0.15, 0.2) is 0 Å². The summed E-state index contributed by atoms with van der Waals surface area (Å²) in [5, 5.41) is 3.22. The second kappa shape index (κ2) is 5.57. The van der Waals surface area contributed by atoms with E-state index in [-0.39, 0.29) is 5.97 Å². The number of esters is 1. The number of likely N-dealkylation sites (N-methyl/N-ethyl adjacent to an activating group) is 1. The zero-order valence-electron chi connectivity index (χ0n) is 11.9. The molecule has 0 heterocycles. The Balaban J connectivity index is 1.98. The zero-order chi connectivity index (χ0) is 13.2. The lowest BCUT2D eigenvalue weighted by atomic mass is 9.78. The number of ether oxygens (including phenoxy) is 1. The number of rotatable bonds is 5. The molecule has 0 radical (unpaired) electrons. The van der Waals surface area contributed by atoms with Gasteiger partial charge in [0.2, 0.25) is 0 Å². The molecule has 2 unspecified atom stereocenters. The molecule has 0 amide bonds. The van der Waals surface area contributed by atoms with Gasteiger partial charge in [0, 0.05) is 12.6 Å². The van der Waals surface area contributed by atoms with Crippen molar-refractivity contribution in [2.24, 2.45) is 5.92 Å². The number of carbonyl (C=O) groups is 1. The molecule has 4 heteroatoms. The molecule has 2 atom stereocenters. The molecule has 2 aliphatic rings. The predicted molar refractivity (Wildman–Crippen MR) is 71.4 cm³/mol. The molecule has 104 valence electrons. The van der Waals surface area contributed by atoms with E-state index in [1.54, 1.807) is 0 Å². The summed E-state index contributed by atoms with van der Waals surface area (Å²) >= 11 is 0. The monoisotopic (exact) mass is 254 g/mol. The fourth-order valence-corrected chi connectivity index (χ4v) is 3.19. The van der Waals surface area contributed by atoms with Crippen LogP contribution >= 0.6 is 0 Å². The number of hydrogen-bond acceptors (Lipinski definition) is 4. The van der Waals surface area contributed by atoms with Crippen molar-refractivity contribution in [3.05, 3.63) is 0 Å². The van der Waals surface area contributed by atoms with Crippen molar-refractivity contribution in [1.82, 2.24) is 10.2 Å². The number of methoxy groups -OCH3 is 1. The molecule has 2 saturated carbocycles. The zero-order valence-corrected chi connectivity index (χ0v) is 11.9. The maximum atomic E-state index is 12.0. The van der Waals surface area contributed by atoms with Gasteiger partial charge in [-0.05, 0) is 58.5 Å². The predicted octanol–water partition coefficient (Wildman–Crippen LogP) is 1.40. The molecule has 0 bridgehead atoms. The maximum absolute atomic E-state index is 12.0. The van der Waals surface area contributed by atoms with Gasteiger partial charge >= 0.3 is 5.97 Å². The lowest BCUT2D eigenvalue weighted by Gasteiger charge is -2.41. The first-order valence-electron chi connectivity index (χ1n) is 7.09. The van der Waals surface area contributed by atoms with Crippen LogP contribution < -0.4 is 5.32 Å². The van der Waals surface area contributed by atoms with Crippen LogP contribution in [0.4, 0.5) is 0 Å². The number of carbonyl (C=O) groups excluding carboxylic acids is 1. The molecule has 4 nitrogen and oxygen atoms in total. The highest BCUT2D eigenvalue weighted by Crippen LogP contribution is 2.35. The first kappa shape index (κ1) is 13.8. The number of nitrogens with zero attached hydrogens (tertiary/aromatic N) is 1. The standard InChI is InChI=1S/C14H26N2O2/c1-15-14(13(17)18-3)8-4-5-12(9-14)16(2)10-11-6-7-11/h11-12,15H,4-10H2,1-3H3. The van der Waals surface area contributed by atoms with E-state index in [4.69, 9.17) is 4.74 Å². The van der Waals surface area contributed by atoms with Crippen molar-refractivity contribution >= 4 is 5.97 Å². The van der Waals surface area contributed by atoms with E-state index in [1.165, 1.54) is 32.9 Å². The molecule has 0 aromatic carbocycles. The minimum Gasteiger partial charge on any atom is -0.468 e. The first-order valence-corrected chi connectivity index (χ1v) is 7.09. The van der Waals surface area contributed by atoms with Gasteiger partial charge in [0.1, 0.15) is 5.54 Å². The average molecular weight is 254 g/mol. The van der Waals surface area contributed by atoms with Crippen LogP contribution in [0.15, 0.2) is 0 Å². The molecule has 2 aliphatic carbocycles. The Labute approximate surface area is 110 Å². The summed E-state index contributed by atoms with van der Waals surface area (Å²) in [5.41, 5.74) is -0.463. The minimum atomic E-state index is -0.463. The van der Waals surface area contributed by atoms with E-state index in [2.05, 4.69) is 17.3 Å². The van der Waals surface area contributed by atoms with E-state index >= 15 is 0 Å². The van der Waals surface area contributed by atoms with Crippen LogP contribution in [0, 0.1) is 5.92 Å². The largest absolute Gasteiger partial charge is 0.468 e. The fraction of sp³-hybridized carbons (Fsp3) is 0.929. The SMILES string of the molecule is CNC1(C(=O)OC)CCCC(N(C)CC2CC2)C1. The quantitative estimate of drug-likeness (QED) is 0.753. The Bertz CT molecular complexity index is 304. The van der Waals surface area contributed by atoms with E-state index < -0.39 is 5.54 Å². The lowest BCUT2D eigenvalue weighted by molar-refractivity contribution is -0.150. The molecular weight excluding hydrogens is 228 g/mol. The number of nitrogens with one attached hydrogen (secondary N) is 1. The van der Waals surface area contributed by atoms with Crippen LogP contribution in [0.5, 0.6) is 0 Å². The van der Waals surface area contributed by atoms with Crippen LogP contribution in [0.1, 0.15) is 38.5 Å². The summed E-state index contributed by atoms with van der Waals surface area (Å²) in [4.78, 5) is 14.5. The molecule has 1 N–H and O–H groups in total. The van der Waals surface area contributed by atoms with Crippen LogP contribution in [-0.4, -0.2) is 50.2 Å². The van der Waals surface area contributed by atoms with Crippen molar-refractivity contribution in [3.8, 4) is 0 Å². The number of hydrogen-bond donors (Lipinski definition) is 1. The van der Waals surface area contributed by atoms with Gasteiger partial charge < -0.3 is 15.0 Å². The van der Waals surface area contributed by atoms with Crippen molar-refractivity contribution in [3.63, 3.8) is 0 Å². The van der Waals surface area contributed by atoms with Gasteiger partial charge in [-0.25, -0.2) is 0 Å². The van der Waals surface area contributed by atoms with Crippen molar-refractivity contribution in [2.75, 3.05) is 27.7 Å². The smallest absolute Gasteiger partial charge is 0.326 e. The Morgan fingerprint density at radius 3 is 2.72 bits per heavy atom. The minimum absolute atomic E-state index is 0.102. The van der Waals surface area contributed by atoms with E-state index in [1.807, 2.05) is 7.05 Å². The molecule has 0 aliphatic heterocycles. The lowest BCUT2D eigenvalue weighted by Crippen LogP contribution is -2.57. The summed E-state index contributed by atoms with van der Waals surface area (Å²) in [5.74, 6) is 0.800. The van der Waals surface area contributed by atoms with E-state index in [9.17, 15) is 4.79 Å². The van der Waals surface area contributed by atoms with Gasteiger partial charge in [-0.3, -0.25) is 4.79 Å². The highest BCUT2D eigenvalue weighted by Gasteiger charge is 2.43. The van der Waals surface area contributed by atoms with Crippen LogP contribution in [0.25, 0.3) is 0 Å². The highest BCUT2D eigenvalue weighted by molar-refractivity contribution is 5.81. The molecule has 0 spiro atoms. The van der Waals surface area contributed by atoms with Gasteiger partial charge in [0.25, 0.3) is 0 Å². The molecule has 18 heavy (non-hydrogen) atoms. The Morgan fingerprint density at radius 1 is 1.44 bits per heavy atom. The summed E-state index contributed by atoms with van der Waals surface area (Å²) in [6, 6.07) is 0.505. The summed E-state index contributed by atoms with van der Waals surface area (Å²) in [7, 11) is 5.56. The maximum Gasteiger partial charge on any atom is 0.326 e. The molecule has 0 aromatic heterocycles. The Morgan fingerprint density at radius 2 is 2.17 bits per heavy atom. The molecule has 0 aromatic rings. The third kappa shape index (κ3) is 2.86. The summed E-state index contributed by atoms with van der Waals surface area (Å²) < 4.78 is 4.99. The van der Waals surface area contributed by atoms with Crippen LogP contribution in [0.2, 0.25) is 0 Å². The van der Waals surface area contributed by atoms with Crippen molar-refractivity contribution < 1.29 is 9.53 Å². The van der Waals surface area contributed by atoms with Crippen molar-refractivity contribution in [2.45, 2.75) is 50.1 Å². The topological polar surface area (TPSA) is 41.6 Å². The Hall–Kier alpha value is -0.610. The van der Waals surface area contributed by atoms with Gasteiger partial charge in [-0.1, -0.05) is 0 Å². The van der Waals surface area contributed by atoms with Crippen molar-refractivity contribution in [1.29, 1.82) is 0 Å². The molecule has 0 saturated heterocycles. The molecular formula is C14H26N2O2. The fourth-order valence-electron chi connectivity index (χ4n) is 3.19. The van der Waals surface area contributed by atoms with Gasteiger partial charge in [-0.15, -0.1) is 0 Å². The first-order chi connectivity index (χ1) is 8.61. The van der Waals surface area contributed by atoms with E-state index in [0.29, 0.717) is 6.04 Å².